The number of benzene rings is 2. The molecule has 1 heterocycles. The average molecular weight is 426 g/mol. The van der Waals surface area contributed by atoms with Gasteiger partial charge in [0.25, 0.3) is 0 Å². The lowest BCUT2D eigenvalue weighted by Gasteiger charge is -2.23. The Morgan fingerprint density at radius 2 is 1.60 bits per heavy atom. The Balaban J connectivity index is 0.000000343. The van der Waals surface area contributed by atoms with Gasteiger partial charge in [-0.1, -0.05) is 55.1 Å². The SMILES string of the molecule is CCc1ccc2c(c1)Sc1ccccc1/C2=C/CCN(C)C.O=C(O)/C=C/C(=O)O. The van der Waals surface area contributed by atoms with Crippen LogP contribution in [0.4, 0.5) is 0 Å². The molecule has 0 bridgehead atoms. The number of aliphatic carboxylic acids is 2. The van der Waals surface area contributed by atoms with Crippen LogP contribution in [-0.2, 0) is 16.0 Å². The van der Waals surface area contributed by atoms with Gasteiger partial charge in [0, 0.05) is 28.5 Å². The summed E-state index contributed by atoms with van der Waals surface area (Å²) >= 11 is 1.90. The van der Waals surface area contributed by atoms with Crippen molar-refractivity contribution in [1.29, 1.82) is 0 Å². The summed E-state index contributed by atoms with van der Waals surface area (Å²) in [5, 5.41) is 15.6. The first-order valence-electron chi connectivity index (χ1n) is 9.71. The van der Waals surface area contributed by atoms with E-state index in [2.05, 4.69) is 74.5 Å². The molecule has 0 aliphatic carbocycles. The highest BCUT2D eigenvalue weighted by atomic mass is 32.2. The molecule has 2 aromatic rings. The highest BCUT2D eigenvalue weighted by Gasteiger charge is 2.20. The maximum atomic E-state index is 9.55. The van der Waals surface area contributed by atoms with Crippen molar-refractivity contribution in [3.63, 3.8) is 0 Å². The van der Waals surface area contributed by atoms with Crippen LogP contribution < -0.4 is 0 Å². The van der Waals surface area contributed by atoms with E-state index in [1.165, 1.54) is 32.1 Å². The van der Waals surface area contributed by atoms with E-state index in [4.69, 9.17) is 10.2 Å². The van der Waals surface area contributed by atoms with Gasteiger partial charge < -0.3 is 15.1 Å². The second kappa shape index (κ2) is 11.4. The molecule has 0 unspecified atom stereocenters. The van der Waals surface area contributed by atoms with E-state index < -0.39 is 11.9 Å². The molecular weight excluding hydrogens is 398 g/mol. The Kier molecular flexibility index (Phi) is 8.89. The maximum absolute atomic E-state index is 9.55. The van der Waals surface area contributed by atoms with Crippen LogP contribution in [0.15, 0.2) is 70.5 Å². The van der Waals surface area contributed by atoms with Gasteiger partial charge in [0.15, 0.2) is 0 Å². The van der Waals surface area contributed by atoms with Crippen LogP contribution >= 0.6 is 11.8 Å². The van der Waals surface area contributed by atoms with Crippen molar-refractivity contribution in [2.75, 3.05) is 20.6 Å². The number of carboxylic acid groups (broad SMARTS) is 2. The number of rotatable bonds is 6. The molecule has 0 saturated carbocycles. The number of fused-ring (bicyclic) bond motifs is 2. The zero-order chi connectivity index (χ0) is 22.1. The van der Waals surface area contributed by atoms with Crippen LogP contribution in [0.2, 0.25) is 0 Å². The minimum absolute atomic E-state index is 0.558. The zero-order valence-corrected chi connectivity index (χ0v) is 18.3. The number of hydrogen-bond donors (Lipinski definition) is 2. The standard InChI is InChI=1S/C20H23NS.C4H4O4/c1-4-15-11-12-18-16(9-7-13-21(2)3)17-8-5-6-10-19(17)22-20(18)14-15;5-3(6)1-2-4(7)8/h5-6,8-12,14H,4,7,13H2,1-3H3;1-2H,(H,5,6)(H,7,8)/b16-9-;2-1+. The molecule has 0 aromatic heterocycles. The quantitative estimate of drug-likeness (QED) is 0.552. The molecule has 0 saturated heterocycles. The minimum Gasteiger partial charge on any atom is -0.478 e. The maximum Gasteiger partial charge on any atom is 0.328 e. The van der Waals surface area contributed by atoms with Crippen LogP contribution in [0.25, 0.3) is 5.57 Å². The molecule has 1 aliphatic rings. The first-order valence-corrected chi connectivity index (χ1v) is 10.5. The summed E-state index contributed by atoms with van der Waals surface area (Å²) in [6.07, 6.45) is 5.69. The highest BCUT2D eigenvalue weighted by molar-refractivity contribution is 7.99. The molecule has 0 amide bonds. The van der Waals surface area contributed by atoms with E-state index in [0.717, 1.165) is 19.4 Å². The van der Waals surface area contributed by atoms with Gasteiger partial charge in [-0.25, -0.2) is 9.59 Å². The molecule has 2 N–H and O–H groups in total. The Labute approximate surface area is 181 Å². The lowest BCUT2D eigenvalue weighted by Crippen LogP contribution is -2.12. The molecule has 0 atom stereocenters. The lowest BCUT2D eigenvalue weighted by molar-refractivity contribution is -0.134. The van der Waals surface area contributed by atoms with E-state index in [1.807, 2.05) is 11.8 Å². The molecule has 3 rings (SSSR count). The summed E-state index contributed by atoms with van der Waals surface area (Å²) in [6, 6.07) is 15.7. The summed E-state index contributed by atoms with van der Waals surface area (Å²) in [4.78, 5) is 24.1. The lowest BCUT2D eigenvalue weighted by atomic mass is 9.95. The van der Waals surface area contributed by atoms with E-state index in [0.29, 0.717) is 12.2 Å². The molecule has 0 radical (unpaired) electrons. The first-order chi connectivity index (χ1) is 14.3. The van der Waals surface area contributed by atoms with Gasteiger partial charge in [0.2, 0.25) is 0 Å². The van der Waals surface area contributed by atoms with Gasteiger partial charge in [-0.05, 0) is 61.3 Å². The molecule has 5 nitrogen and oxygen atoms in total. The summed E-state index contributed by atoms with van der Waals surface area (Å²) in [7, 11) is 4.26. The third-order valence-corrected chi connectivity index (χ3v) is 5.57. The fourth-order valence-electron chi connectivity index (χ4n) is 2.96. The van der Waals surface area contributed by atoms with Crippen molar-refractivity contribution in [3.8, 4) is 0 Å². The number of carboxylic acids is 2. The van der Waals surface area contributed by atoms with Gasteiger partial charge >= 0.3 is 11.9 Å². The topological polar surface area (TPSA) is 77.8 Å². The molecule has 0 spiro atoms. The molecule has 30 heavy (non-hydrogen) atoms. The summed E-state index contributed by atoms with van der Waals surface area (Å²) < 4.78 is 0. The second-order valence-corrected chi connectivity index (χ2v) is 8.09. The second-order valence-electron chi connectivity index (χ2n) is 7.00. The van der Waals surface area contributed by atoms with Crippen LogP contribution in [0.5, 0.6) is 0 Å². The van der Waals surface area contributed by atoms with Gasteiger partial charge in [-0.15, -0.1) is 0 Å². The number of aryl methyl sites for hydroxylation is 1. The van der Waals surface area contributed by atoms with E-state index >= 15 is 0 Å². The van der Waals surface area contributed by atoms with Crippen molar-refractivity contribution in [2.45, 2.75) is 29.6 Å². The number of nitrogens with zero attached hydrogens (tertiary/aromatic N) is 1. The Hall–Kier alpha value is -2.83. The minimum atomic E-state index is -1.26. The van der Waals surface area contributed by atoms with Gasteiger partial charge in [0.05, 0.1) is 0 Å². The average Bonchev–Trinajstić information content (AvgIpc) is 2.71. The number of carbonyl (C=O) groups is 2. The predicted octanol–water partition coefficient (Wildman–Crippen LogP) is 4.81. The Morgan fingerprint density at radius 3 is 2.20 bits per heavy atom. The molecule has 2 aromatic carbocycles. The monoisotopic (exact) mass is 425 g/mol. The highest BCUT2D eigenvalue weighted by Crippen LogP contribution is 2.45. The molecule has 0 fully saturated rings. The van der Waals surface area contributed by atoms with E-state index in [-0.39, 0.29) is 0 Å². The van der Waals surface area contributed by atoms with Crippen LogP contribution in [0.3, 0.4) is 0 Å². The van der Waals surface area contributed by atoms with Gasteiger partial charge in [-0.3, -0.25) is 0 Å². The Morgan fingerprint density at radius 1 is 0.967 bits per heavy atom. The fourth-order valence-corrected chi connectivity index (χ4v) is 4.13. The molecule has 158 valence electrons. The fraction of sp³-hybridized carbons (Fsp3) is 0.250. The third kappa shape index (κ3) is 6.90. The summed E-state index contributed by atoms with van der Waals surface area (Å²) in [5.74, 6) is -2.51. The van der Waals surface area contributed by atoms with Crippen molar-refractivity contribution in [2.24, 2.45) is 0 Å². The third-order valence-electron chi connectivity index (χ3n) is 4.43. The van der Waals surface area contributed by atoms with Gasteiger partial charge in [0.1, 0.15) is 0 Å². The summed E-state index contributed by atoms with van der Waals surface area (Å²) in [6.45, 7) is 3.30. The molecule has 6 heteroatoms. The molecular formula is C24H27NO4S. The van der Waals surface area contributed by atoms with Crippen LogP contribution in [0, 0.1) is 0 Å². The van der Waals surface area contributed by atoms with Crippen molar-refractivity contribution in [1.82, 2.24) is 4.90 Å². The smallest absolute Gasteiger partial charge is 0.328 e. The van der Waals surface area contributed by atoms with E-state index in [9.17, 15) is 9.59 Å². The number of hydrogen-bond acceptors (Lipinski definition) is 4. The Bertz CT molecular complexity index is 947. The van der Waals surface area contributed by atoms with Crippen LogP contribution in [0.1, 0.15) is 30.0 Å². The van der Waals surface area contributed by atoms with Crippen molar-refractivity contribution < 1.29 is 19.8 Å². The van der Waals surface area contributed by atoms with Gasteiger partial charge in [-0.2, -0.15) is 0 Å². The summed E-state index contributed by atoms with van der Waals surface area (Å²) in [5.41, 5.74) is 5.58. The van der Waals surface area contributed by atoms with Crippen LogP contribution in [-0.4, -0.2) is 47.7 Å². The predicted molar refractivity (Wildman–Crippen MR) is 121 cm³/mol. The van der Waals surface area contributed by atoms with Crippen molar-refractivity contribution in [3.05, 3.63) is 77.4 Å². The zero-order valence-electron chi connectivity index (χ0n) is 17.5. The molecule has 1 aliphatic heterocycles. The van der Waals surface area contributed by atoms with Crippen molar-refractivity contribution >= 4 is 29.3 Å². The normalized spacial score (nSPS) is 13.5. The largest absolute Gasteiger partial charge is 0.478 e. The first kappa shape index (κ1) is 23.4. The van der Waals surface area contributed by atoms with E-state index in [1.54, 1.807) is 0 Å².